The van der Waals surface area contributed by atoms with E-state index in [-0.39, 0.29) is 29.5 Å². The van der Waals surface area contributed by atoms with Gasteiger partial charge in [-0.25, -0.2) is 8.42 Å². The van der Waals surface area contributed by atoms with Crippen LogP contribution in [-0.2, 0) is 32.6 Å². The summed E-state index contributed by atoms with van der Waals surface area (Å²) in [6.07, 6.45) is 0.185. The standard InChI is InChI=1S/C34H34Cl3N3O4S/c1-4-38-34(42)32(18-25-8-6-5-7-9-25)39(21-26-13-14-27(35)19-31(26)37)33(41)22-40(28-15-12-24(3)30(36)20-28)45(43,44)29-16-10-23(2)11-17-29/h5-17,19-20,32H,4,18,21-22H2,1-3H3,(H,38,42)/t32-/m1/s1. The lowest BCUT2D eigenvalue weighted by Crippen LogP contribution is -2.53. The number of amides is 2. The topological polar surface area (TPSA) is 86.8 Å². The summed E-state index contributed by atoms with van der Waals surface area (Å²) >= 11 is 19.1. The molecular formula is C34H34Cl3N3O4S. The molecule has 0 saturated carbocycles. The van der Waals surface area contributed by atoms with E-state index in [1.807, 2.05) is 37.3 Å². The first-order chi connectivity index (χ1) is 21.4. The van der Waals surface area contributed by atoms with Gasteiger partial charge in [0.25, 0.3) is 10.0 Å². The Balaban J connectivity index is 1.83. The molecule has 0 unspecified atom stereocenters. The maximum atomic E-state index is 14.5. The summed E-state index contributed by atoms with van der Waals surface area (Å²) in [5.41, 5.74) is 3.21. The number of carbonyl (C=O) groups is 2. The summed E-state index contributed by atoms with van der Waals surface area (Å²) in [6.45, 7) is 5.10. The maximum Gasteiger partial charge on any atom is 0.264 e. The van der Waals surface area contributed by atoms with Crippen LogP contribution in [-0.4, -0.2) is 44.3 Å². The number of nitrogens with one attached hydrogen (secondary N) is 1. The number of hydrogen-bond acceptors (Lipinski definition) is 4. The second-order valence-electron chi connectivity index (χ2n) is 10.6. The van der Waals surface area contributed by atoms with Crippen molar-refractivity contribution in [3.05, 3.63) is 128 Å². The summed E-state index contributed by atoms with van der Waals surface area (Å²) in [6, 6.07) is 24.4. The largest absolute Gasteiger partial charge is 0.355 e. The van der Waals surface area contributed by atoms with Gasteiger partial charge in [0.05, 0.1) is 10.6 Å². The van der Waals surface area contributed by atoms with Crippen molar-refractivity contribution in [2.24, 2.45) is 0 Å². The van der Waals surface area contributed by atoms with Crippen molar-refractivity contribution in [3.8, 4) is 0 Å². The summed E-state index contributed by atoms with van der Waals surface area (Å²) < 4.78 is 29.3. The van der Waals surface area contributed by atoms with Crippen molar-refractivity contribution in [3.63, 3.8) is 0 Å². The molecule has 236 valence electrons. The van der Waals surface area contributed by atoms with Gasteiger partial charge in [-0.15, -0.1) is 0 Å². The zero-order chi connectivity index (χ0) is 32.7. The second-order valence-corrected chi connectivity index (χ2v) is 13.7. The van der Waals surface area contributed by atoms with Crippen LogP contribution < -0.4 is 9.62 Å². The average molecular weight is 687 g/mol. The molecule has 0 aliphatic rings. The third-order valence-electron chi connectivity index (χ3n) is 7.31. The number of sulfonamides is 1. The van der Waals surface area contributed by atoms with Gasteiger partial charge >= 0.3 is 0 Å². The van der Waals surface area contributed by atoms with Gasteiger partial charge in [0.15, 0.2) is 0 Å². The normalized spacial score (nSPS) is 12.0. The van der Waals surface area contributed by atoms with Crippen molar-refractivity contribution in [2.45, 2.75) is 44.7 Å². The molecule has 11 heteroatoms. The van der Waals surface area contributed by atoms with Gasteiger partial charge in [-0.1, -0.05) is 95.0 Å². The Morgan fingerprint density at radius 2 is 1.53 bits per heavy atom. The lowest BCUT2D eigenvalue weighted by Gasteiger charge is -2.34. The average Bonchev–Trinajstić information content (AvgIpc) is 3.00. The Bertz CT molecular complexity index is 1770. The molecule has 1 N–H and O–H groups in total. The molecule has 2 amide bonds. The van der Waals surface area contributed by atoms with E-state index in [9.17, 15) is 18.0 Å². The number of aryl methyl sites for hydroxylation is 2. The number of nitrogens with zero attached hydrogens (tertiary/aromatic N) is 2. The molecule has 0 aliphatic carbocycles. The van der Waals surface area contributed by atoms with E-state index in [4.69, 9.17) is 34.8 Å². The first-order valence-electron chi connectivity index (χ1n) is 14.3. The van der Waals surface area contributed by atoms with Gasteiger partial charge in [-0.2, -0.15) is 0 Å². The summed E-state index contributed by atoms with van der Waals surface area (Å²) in [7, 11) is -4.25. The van der Waals surface area contributed by atoms with Gasteiger partial charge in [-0.3, -0.25) is 13.9 Å². The highest BCUT2D eigenvalue weighted by Crippen LogP contribution is 2.30. The van der Waals surface area contributed by atoms with Crippen LogP contribution in [0.3, 0.4) is 0 Å². The van der Waals surface area contributed by atoms with E-state index >= 15 is 0 Å². The number of rotatable bonds is 12. The van der Waals surface area contributed by atoms with Crippen LogP contribution in [0.4, 0.5) is 5.69 Å². The molecule has 0 radical (unpaired) electrons. The highest BCUT2D eigenvalue weighted by Gasteiger charge is 2.35. The predicted octanol–water partition coefficient (Wildman–Crippen LogP) is 7.24. The van der Waals surface area contributed by atoms with E-state index in [1.165, 1.54) is 23.1 Å². The third kappa shape index (κ3) is 8.58. The minimum atomic E-state index is -4.25. The van der Waals surface area contributed by atoms with Gasteiger partial charge in [0.2, 0.25) is 11.8 Å². The first-order valence-corrected chi connectivity index (χ1v) is 16.9. The van der Waals surface area contributed by atoms with Gasteiger partial charge in [-0.05, 0) is 73.9 Å². The number of anilines is 1. The molecule has 0 aliphatic heterocycles. The Labute approximate surface area is 279 Å². The molecule has 1 atom stereocenters. The monoisotopic (exact) mass is 685 g/mol. The fraction of sp³-hybridized carbons (Fsp3) is 0.235. The predicted molar refractivity (Wildman–Crippen MR) is 182 cm³/mol. The number of halogens is 3. The van der Waals surface area contributed by atoms with Crippen LogP contribution in [0.2, 0.25) is 15.1 Å². The van der Waals surface area contributed by atoms with E-state index in [0.717, 1.165) is 21.0 Å². The SMILES string of the molecule is CCNC(=O)[C@@H](Cc1ccccc1)N(Cc1ccc(Cl)cc1Cl)C(=O)CN(c1ccc(C)c(Cl)c1)S(=O)(=O)c1ccc(C)cc1. The molecule has 45 heavy (non-hydrogen) atoms. The minimum absolute atomic E-state index is 0.00875. The highest BCUT2D eigenvalue weighted by atomic mass is 35.5. The molecule has 0 bridgehead atoms. The molecule has 4 aromatic rings. The Morgan fingerprint density at radius 1 is 0.844 bits per heavy atom. The Kier molecular flexibility index (Phi) is 11.6. The summed E-state index contributed by atoms with van der Waals surface area (Å²) in [5, 5.41) is 3.90. The second kappa shape index (κ2) is 15.1. The highest BCUT2D eigenvalue weighted by molar-refractivity contribution is 7.92. The number of hydrogen-bond donors (Lipinski definition) is 1. The van der Waals surface area contributed by atoms with Gasteiger partial charge in [0.1, 0.15) is 12.6 Å². The number of carbonyl (C=O) groups excluding carboxylic acids is 2. The lowest BCUT2D eigenvalue weighted by molar-refractivity contribution is -0.140. The molecule has 4 aromatic carbocycles. The molecule has 0 saturated heterocycles. The lowest BCUT2D eigenvalue weighted by atomic mass is 10.0. The van der Waals surface area contributed by atoms with E-state index < -0.39 is 28.5 Å². The van der Waals surface area contributed by atoms with E-state index in [0.29, 0.717) is 27.2 Å². The van der Waals surface area contributed by atoms with Crippen LogP contribution in [0, 0.1) is 13.8 Å². The van der Waals surface area contributed by atoms with Crippen LogP contribution in [0.5, 0.6) is 0 Å². The zero-order valence-electron chi connectivity index (χ0n) is 25.1. The molecular weight excluding hydrogens is 653 g/mol. The van der Waals surface area contributed by atoms with Crippen molar-refractivity contribution < 1.29 is 18.0 Å². The molecule has 0 fully saturated rings. The van der Waals surface area contributed by atoms with E-state index in [2.05, 4.69) is 5.32 Å². The third-order valence-corrected chi connectivity index (χ3v) is 10.1. The Morgan fingerprint density at radius 3 is 2.16 bits per heavy atom. The molecule has 0 spiro atoms. The van der Waals surface area contributed by atoms with Gasteiger partial charge < -0.3 is 10.2 Å². The minimum Gasteiger partial charge on any atom is -0.355 e. The molecule has 4 rings (SSSR count). The summed E-state index contributed by atoms with van der Waals surface area (Å²) in [4.78, 5) is 29.5. The van der Waals surface area contributed by atoms with Crippen LogP contribution in [0.15, 0.2) is 95.9 Å². The first kappa shape index (κ1) is 34.3. The smallest absolute Gasteiger partial charge is 0.264 e. The number of benzene rings is 4. The maximum absolute atomic E-state index is 14.5. The van der Waals surface area contributed by atoms with Crippen LogP contribution >= 0.6 is 34.8 Å². The molecule has 0 aromatic heterocycles. The number of likely N-dealkylation sites (N-methyl/N-ethyl adjacent to an activating group) is 1. The van der Waals surface area contributed by atoms with Crippen molar-refractivity contribution >= 4 is 62.3 Å². The fourth-order valence-corrected chi connectivity index (χ4v) is 6.83. The molecule has 0 heterocycles. The Hall–Kier alpha value is -3.56. The van der Waals surface area contributed by atoms with Crippen molar-refractivity contribution in [1.82, 2.24) is 10.2 Å². The van der Waals surface area contributed by atoms with Crippen LogP contribution in [0.25, 0.3) is 0 Å². The fourth-order valence-electron chi connectivity index (χ4n) is 4.78. The summed E-state index contributed by atoms with van der Waals surface area (Å²) in [5.74, 6) is -0.994. The van der Waals surface area contributed by atoms with Crippen LogP contribution in [0.1, 0.15) is 29.2 Å². The van der Waals surface area contributed by atoms with Crippen molar-refractivity contribution in [2.75, 3.05) is 17.4 Å². The quantitative estimate of drug-likeness (QED) is 0.170. The van der Waals surface area contributed by atoms with Crippen molar-refractivity contribution in [1.29, 1.82) is 0 Å². The van der Waals surface area contributed by atoms with E-state index in [1.54, 1.807) is 56.3 Å². The zero-order valence-corrected chi connectivity index (χ0v) is 28.2. The van der Waals surface area contributed by atoms with Gasteiger partial charge in [0, 0.05) is 34.6 Å². The molecule has 7 nitrogen and oxygen atoms in total.